The molecule has 4 aliphatic carbocycles. The normalized spacial score (nSPS) is 36.9. The van der Waals surface area contributed by atoms with Crippen LogP contribution in [-0.2, 0) is 9.59 Å². The minimum atomic E-state index is -0.359. The van der Waals surface area contributed by atoms with Crippen molar-refractivity contribution in [2.24, 2.45) is 23.2 Å². The number of carbonyl (C=O) groups is 2. The molecule has 5 aliphatic rings. The molecule has 1 unspecified atom stereocenters. The number of rotatable bonds is 3. The van der Waals surface area contributed by atoms with Crippen LogP contribution in [-0.4, -0.2) is 29.3 Å². The Hall–Kier alpha value is -1.55. The maximum Gasteiger partial charge on any atom is 0.247 e. The van der Waals surface area contributed by atoms with Crippen molar-refractivity contribution in [3.05, 3.63) is 29.3 Å². The Balaban J connectivity index is 1.34. The molecule has 1 aliphatic heterocycles. The van der Waals surface area contributed by atoms with Crippen LogP contribution in [0.15, 0.2) is 24.3 Å². The number of halogens is 1. The summed E-state index contributed by atoms with van der Waals surface area (Å²) in [5, 5.41) is 3.48. The molecule has 144 valence electrons. The van der Waals surface area contributed by atoms with Crippen LogP contribution in [0.5, 0.6) is 0 Å². The smallest absolute Gasteiger partial charge is 0.247 e. The van der Waals surface area contributed by atoms with Crippen molar-refractivity contribution in [1.29, 1.82) is 0 Å². The van der Waals surface area contributed by atoms with E-state index in [0.29, 0.717) is 17.3 Å². The number of amides is 2. The minimum absolute atomic E-state index is 0.0984. The number of hydrogen-bond acceptors (Lipinski definition) is 2. The Morgan fingerprint density at radius 2 is 1.67 bits per heavy atom. The van der Waals surface area contributed by atoms with Crippen molar-refractivity contribution >= 4 is 29.1 Å². The first-order chi connectivity index (χ1) is 13.0. The molecule has 5 fully saturated rings. The van der Waals surface area contributed by atoms with E-state index in [0.717, 1.165) is 49.9 Å². The molecule has 4 bridgehead atoms. The average Bonchev–Trinajstić information content (AvgIpc) is 3.11. The Morgan fingerprint density at radius 3 is 2.30 bits per heavy atom. The fourth-order valence-electron chi connectivity index (χ4n) is 6.74. The number of nitrogens with zero attached hydrogens (tertiary/aromatic N) is 1. The quantitative estimate of drug-likeness (QED) is 0.832. The Labute approximate surface area is 165 Å². The second kappa shape index (κ2) is 6.51. The zero-order chi connectivity index (χ0) is 18.6. The predicted molar refractivity (Wildman–Crippen MR) is 105 cm³/mol. The highest BCUT2D eigenvalue weighted by atomic mass is 35.5. The van der Waals surface area contributed by atoms with Crippen molar-refractivity contribution in [2.45, 2.75) is 57.4 Å². The molecule has 5 heteroatoms. The van der Waals surface area contributed by atoms with Crippen molar-refractivity contribution in [2.75, 3.05) is 11.9 Å². The van der Waals surface area contributed by atoms with Crippen LogP contribution in [0.2, 0.25) is 5.02 Å². The van der Waals surface area contributed by atoms with Gasteiger partial charge in [0.2, 0.25) is 11.8 Å². The molecular formula is C22H27ClN2O2. The van der Waals surface area contributed by atoms with Crippen molar-refractivity contribution in [1.82, 2.24) is 4.90 Å². The second-order valence-corrected chi connectivity index (χ2v) is 9.73. The molecule has 1 heterocycles. The van der Waals surface area contributed by atoms with E-state index >= 15 is 0 Å². The number of nitrogens with one attached hydrogen (secondary N) is 1. The van der Waals surface area contributed by atoms with E-state index in [-0.39, 0.29) is 23.3 Å². The maximum absolute atomic E-state index is 13.7. The number of hydrogen-bond donors (Lipinski definition) is 1. The van der Waals surface area contributed by atoms with Crippen LogP contribution in [0.4, 0.5) is 5.69 Å². The zero-order valence-electron chi connectivity index (χ0n) is 15.6. The number of likely N-dealkylation sites (tertiary alicyclic amines) is 1. The third kappa shape index (κ3) is 2.97. The summed E-state index contributed by atoms with van der Waals surface area (Å²) in [6.45, 7) is 0.710. The van der Waals surface area contributed by atoms with E-state index in [1.54, 1.807) is 12.1 Å². The van der Waals surface area contributed by atoms with Crippen LogP contribution in [0, 0.1) is 23.2 Å². The third-order valence-electron chi connectivity index (χ3n) is 7.44. The van der Waals surface area contributed by atoms with E-state index in [2.05, 4.69) is 5.32 Å². The summed E-state index contributed by atoms with van der Waals surface area (Å²) in [7, 11) is 0. The highest BCUT2D eigenvalue weighted by Crippen LogP contribution is 2.60. The average molecular weight is 387 g/mol. The van der Waals surface area contributed by atoms with Gasteiger partial charge >= 0.3 is 0 Å². The predicted octanol–water partition coefficient (Wildman–Crippen LogP) is 4.49. The summed E-state index contributed by atoms with van der Waals surface area (Å²) in [6, 6.07) is 6.91. The molecule has 0 radical (unpaired) electrons. The highest BCUT2D eigenvalue weighted by Gasteiger charge is 2.56. The second-order valence-electron chi connectivity index (χ2n) is 9.32. The van der Waals surface area contributed by atoms with Gasteiger partial charge in [0.15, 0.2) is 0 Å². The van der Waals surface area contributed by atoms with Crippen LogP contribution in [0.3, 0.4) is 0 Å². The molecule has 4 nitrogen and oxygen atoms in total. The lowest BCUT2D eigenvalue weighted by Gasteiger charge is -2.56. The summed E-state index contributed by atoms with van der Waals surface area (Å²) < 4.78 is 0. The van der Waals surface area contributed by atoms with Gasteiger partial charge in [-0.2, -0.15) is 0 Å². The summed E-state index contributed by atoms with van der Waals surface area (Å²) in [6.07, 6.45) is 8.76. The van der Waals surface area contributed by atoms with Crippen LogP contribution < -0.4 is 5.32 Å². The molecule has 1 saturated heterocycles. The first-order valence-electron chi connectivity index (χ1n) is 10.4. The molecule has 0 aromatic heterocycles. The largest absolute Gasteiger partial charge is 0.330 e. The molecule has 1 aromatic rings. The molecule has 1 N–H and O–H groups in total. The fourth-order valence-corrected chi connectivity index (χ4v) is 6.92. The van der Waals surface area contributed by atoms with Crippen molar-refractivity contribution in [3.8, 4) is 0 Å². The zero-order valence-corrected chi connectivity index (χ0v) is 16.4. The maximum atomic E-state index is 13.7. The van der Waals surface area contributed by atoms with Gasteiger partial charge in [-0.3, -0.25) is 9.59 Å². The van der Waals surface area contributed by atoms with Gasteiger partial charge in [0.25, 0.3) is 0 Å². The molecule has 4 saturated carbocycles. The lowest BCUT2D eigenvalue weighted by Crippen LogP contribution is -2.56. The molecular weight excluding hydrogens is 360 g/mol. The topological polar surface area (TPSA) is 49.4 Å². The molecule has 2 amide bonds. The van der Waals surface area contributed by atoms with Gasteiger partial charge in [-0.25, -0.2) is 0 Å². The first kappa shape index (κ1) is 17.5. The van der Waals surface area contributed by atoms with E-state index in [4.69, 9.17) is 11.6 Å². The van der Waals surface area contributed by atoms with Gasteiger partial charge < -0.3 is 10.2 Å². The third-order valence-corrected chi connectivity index (χ3v) is 7.77. The number of benzene rings is 1. The number of anilines is 1. The first-order valence-corrected chi connectivity index (χ1v) is 10.8. The van der Waals surface area contributed by atoms with Gasteiger partial charge in [0.05, 0.1) is 16.1 Å². The minimum Gasteiger partial charge on any atom is -0.330 e. The number of carbonyl (C=O) groups excluding carboxylic acids is 2. The van der Waals surface area contributed by atoms with Gasteiger partial charge in [-0.1, -0.05) is 23.7 Å². The molecule has 1 atom stereocenters. The van der Waals surface area contributed by atoms with Gasteiger partial charge in [-0.15, -0.1) is 0 Å². The Kier molecular flexibility index (Phi) is 4.23. The monoisotopic (exact) mass is 386 g/mol. The summed E-state index contributed by atoms with van der Waals surface area (Å²) >= 11 is 6.19. The lowest BCUT2D eigenvalue weighted by atomic mass is 9.49. The highest BCUT2D eigenvalue weighted by molar-refractivity contribution is 6.33. The Morgan fingerprint density at radius 1 is 1.04 bits per heavy atom. The van der Waals surface area contributed by atoms with Crippen LogP contribution >= 0.6 is 11.6 Å². The summed E-state index contributed by atoms with van der Waals surface area (Å²) in [5.74, 6) is 2.37. The van der Waals surface area contributed by atoms with Gasteiger partial charge in [0, 0.05) is 6.54 Å². The summed E-state index contributed by atoms with van der Waals surface area (Å²) in [4.78, 5) is 28.5. The van der Waals surface area contributed by atoms with Gasteiger partial charge in [0.1, 0.15) is 6.04 Å². The SMILES string of the molecule is O=C(Nc1ccccc1Cl)C1CCCN1C(=O)C12CC3CC(CC(C3)C1)C2. The Bertz CT molecular complexity index is 742. The van der Waals surface area contributed by atoms with Crippen LogP contribution in [0.1, 0.15) is 51.4 Å². The molecule has 6 rings (SSSR count). The van der Waals surface area contributed by atoms with E-state index in [1.807, 2.05) is 17.0 Å². The van der Waals surface area contributed by atoms with E-state index in [9.17, 15) is 9.59 Å². The van der Waals surface area contributed by atoms with Crippen molar-refractivity contribution in [3.63, 3.8) is 0 Å². The van der Waals surface area contributed by atoms with Crippen molar-refractivity contribution < 1.29 is 9.59 Å². The van der Waals surface area contributed by atoms with E-state index in [1.165, 1.54) is 19.3 Å². The lowest BCUT2D eigenvalue weighted by molar-refractivity contribution is -0.160. The number of para-hydroxylation sites is 1. The standard InChI is InChI=1S/C22H27ClN2O2/c23-17-4-1-2-5-18(17)24-20(26)19-6-3-7-25(19)21(27)22-11-14-8-15(12-22)10-16(9-14)13-22/h1-2,4-5,14-16,19H,3,6-13H2,(H,24,26). The summed E-state index contributed by atoms with van der Waals surface area (Å²) in [5.41, 5.74) is 0.445. The van der Waals surface area contributed by atoms with Crippen LogP contribution in [0.25, 0.3) is 0 Å². The van der Waals surface area contributed by atoms with Gasteiger partial charge in [-0.05, 0) is 81.3 Å². The molecule has 27 heavy (non-hydrogen) atoms. The van der Waals surface area contributed by atoms with E-state index < -0.39 is 0 Å². The molecule has 0 spiro atoms. The molecule has 1 aromatic carbocycles. The fraction of sp³-hybridized carbons (Fsp3) is 0.636.